The lowest BCUT2D eigenvalue weighted by atomic mass is 10.0. The van der Waals surface area contributed by atoms with Crippen LogP contribution in [0.3, 0.4) is 0 Å². The number of aliphatic hydroxyl groups excluding tert-OH is 1. The summed E-state index contributed by atoms with van der Waals surface area (Å²) in [4.78, 5) is 21.2. The first-order valence-corrected chi connectivity index (χ1v) is 12.6. The fourth-order valence-corrected chi connectivity index (χ4v) is 4.51. The first kappa shape index (κ1) is 27.4. The number of alkyl halides is 3. The Morgan fingerprint density at radius 1 is 1.20 bits per heavy atom. The Morgan fingerprint density at radius 2 is 1.93 bits per heavy atom. The van der Waals surface area contributed by atoms with Gasteiger partial charge in [-0.05, 0) is 37.0 Å². The topological polar surface area (TPSA) is 121 Å². The molecular weight excluding hydrogens is 532 g/mol. The number of benzene rings is 1. The Labute approximate surface area is 226 Å². The lowest BCUT2D eigenvalue weighted by Crippen LogP contribution is -2.42. The van der Waals surface area contributed by atoms with E-state index in [1.54, 1.807) is 25.4 Å². The molecule has 3 N–H and O–H groups in total. The molecule has 1 aliphatic rings. The number of halogens is 4. The van der Waals surface area contributed by atoms with Gasteiger partial charge in [-0.3, -0.25) is 4.79 Å². The average molecular weight is 560 g/mol. The minimum atomic E-state index is -4.46. The molecule has 0 unspecified atom stereocenters. The van der Waals surface area contributed by atoms with Gasteiger partial charge in [0.25, 0.3) is 0 Å². The van der Waals surface area contributed by atoms with Crippen molar-refractivity contribution in [2.45, 2.75) is 63.8 Å². The van der Waals surface area contributed by atoms with Crippen molar-refractivity contribution in [2.75, 3.05) is 5.32 Å². The Kier molecular flexibility index (Phi) is 7.17. The molecule has 0 spiro atoms. The quantitative estimate of drug-likeness (QED) is 0.211. The van der Waals surface area contributed by atoms with Crippen LogP contribution in [0.4, 0.5) is 23.4 Å². The Bertz CT molecular complexity index is 1520. The minimum Gasteiger partial charge on any atom is -0.387 e. The van der Waals surface area contributed by atoms with Crippen LogP contribution < -0.4 is 10.00 Å². The third kappa shape index (κ3) is 5.60. The number of aromatic nitrogens is 5. The Balaban J connectivity index is 1.20. The van der Waals surface area contributed by atoms with Crippen LogP contribution in [0.2, 0.25) is 0 Å². The summed E-state index contributed by atoms with van der Waals surface area (Å²) in [7, 11) is 0. The number of anilines is 1. The number of amides is 1. The molecule has 1 fully saturated rings. The largest absolute Gasteiger partial charge is 0.401 e. The van der Waals surface area contributed by atoms with E-state index in [1.807, 2.05) is 17.8 Å². The van der Waals surface area contributed by atoms with E-state index in [1.165, 1.54) is 12.1 Å². The molecule has 0 bridgehead atoms. The van der Waals surface area contributed by atoms with E-state index in [0.29, 0.717) is 29.9 Å². The molecule has 4 aromatic rings. The summed E-state index contributed by atoms with van der Waals surface area (Å²) in [5.41, 5.74) is 1.11. The highest BCUT2D eigenvalue weighted by Crippen LogP contribution is 2.59. The number of hydrogen-bond donors (Lipinski definition) is 3. The van der Waals surface area contributed by atoms with Crippen LogP contribution in [0.15, 0.2) is 47.4 Å². The molecule has 1 amide bonds. The average Bonchev–Trinajstić information content (AvgIpc) is 3.50. The zero-order valence-electron chi connectivity index (χ0n) is 21.7. The van der Waals surface area contributed by atoms with Gasteiger partial charge < -0.3 is 14.9 Å². The molecule has 1 aromatic carbocycles. The van der Waals surface area contributed by atoms with Crippen LogP contribution >= 0.6 is 0 Å². The normalized spacial score (nSPS) is 15.2. The molecule has 0 radical (unpaired) electrons. The van der Waals surface area contributed by atoms with E-state index < -0.39 is 29.4 Å². The highest BCUT2D eigenvalue weighted by molar-refractivity contribution is 5.91. The lowest BCUT2D eigenvalue weighted by Gasteiger charge is -2.14. The van der Waals surface area contributed by atoms with E-state index in [0.717, 1.165) is 17.3 Å². The molecule has 1 aliphatic carbocycles. The summed E-state index contributed by atoms with van der Waals surface area (Å²) in [5.74, 6) is -1.20. The van der Waals surface area contributed by atoms with E-state index in [4.69, 9.17) is 4.52 Å². The maximum atomic E-state index is 14.8. The SMILES string of the molecule is Cc1c(Cc2ncc(-c3ccc(CC(=O)Nc4cc(C5(C(F)(F)F)CC5)on4)c(F)c3)cn2)c[nH][n+]1C[C@H](C)O. The van der Waals surface area contributed by atoms with Crippen LogP contribution in [0, 0.1) is 12.7 Å². The van der Waals surface area contributed by atoms with Crippen LogP contribution in [-0.2, 0) is 29.6 Å². The summed E-state index contributed by atoms with van der Waals surface area (Å²) in [5, 5.41) is 18.6. The number of hydrogen-bond acceptors (Lipinski definition) is 6. The standard InChI is InChI=1S/C27H26F4N6O3/c1-15(38)14-37-16(2)19(13-34-37)8-23-32-11-20(12-33-23)17-3-4-18(21(28)7-17)9-25(39)35-24-10-22(40-36-24)26(5-6-26)27(29,30)31/h3-4,7,10-13,15,38H,5-6,8-9,14H2,1-2H3,(H,35,36,39)/p+1/t15-/m0/s1. The molecular formula is C27H27F4N6O3+. The predicted molar refractivity (Wildman–Crippen MR) is 133 cm³/mol. The monoisotopic (exact) mass is 559 g/mol. The number of nitrogens with zero attached hydrogens (tertiary/aromatic N) is 4. The van der Waals surface area contributed by atoms with Gasteiger partial charge in [-0.1, -0.05) is 17.3 Å². The van der Waals surface area contributed by atoms with Crippen molar-refractivity contribution in [3.8, 4) is 11.1 Å². The predicted octanol–water partition coefficient (Wildman–Crippen LogP) is 3.94. The molecule has 13 heteroatoms. The van der Waals surface area contributed by atoms with Crippen LogP contribution in [-0.4, -0.2) is 43.5 Å². The molecule has 1 atom stereocenters. The second kappa shape index (κ2) is 10.5. The van der Waals surface area contributed by atoms with Gasteiger partial charge in [-0.15, -0.1) is 4.68 Å². The zero-order chi connectivity index (χ0) is 28.7. The highest BCUT2D eigenvalue weighted by atomic mass is 19.4. The summed E-state index contributed by atoms with van der Waals surface area (Å²) in [6, 6.07) is 5.42. The molecule has 9 nitrogen and oxygen atoms in total. The minimum absolute atomic E-state index is 0.0954. The van der Waals surface area contributed by atoms with Crippen LogP contribution in [0.25, 0.3) is 11.1 Å². The van der Waals surface area contributed by atoms with E-state index >= 15 is 0 Å². The number of aliphatic hydroxyl groups is 1. The third-order valence-electron chi connectivity index (χ3n) is 7.04. The second-order valence-electron chi connectivity index (χ2n) is 10.1. The fraction of sp³-hybridized carbons (Fsp3) is 0.370. The van der Waals surface area contributed by atoms with Crippen molar-refractivity contribution in [3.05, 3.63) is 77.1 Å². The Hall–Kier alpha value is -4.13. The molecule has 40 heavy (non-hydrogen) atoms. The van der Waals surface area contributed by atoms with E-state index in [-0.39, 0.29) is 36.4 Å². The zero-order valence-corrected chi connectivity index (χ0v) is 21.7. The van der Waals surface area contributed by atoms with Crippen molar-refractivity contribution < 1.29 is 36.7 Å². The van der Waals surface area contributed by atoms with Crippen LogP contribution in [0.1, 0.15) is 48.2 Å². The van der Waals surface area contributed by atoms with Crippen LogP contribution in [0.5, 0.6) is 0 Å². The van der Waals surface area contributed by atoms with Gasteiger partial charge >= 0.3 is 6.18 Å². The molecule has 5 rings (SSSR count). The summed E-state index contributed by atoms with van der Waals surface area (Å²) in [6.07, 6.45) is -0.00247. The van der Waals surface area contributed by atoms with Crippen molar-refractivity contribution in [3.63, 3.8) is 0 Å². The first-order chi connectivity index (χ1) is 18.9. The smallest absolute Gasteiger partial charge is 0.387 e. The number of rotatable bonds is 9. The summed E-state index contributed by atoms with van der Waals surface area (Å²) < 4.78 is 61.3. The third-order valence-corrected chi connectivity index (χ3v) is 7.04. The Morgan fingerprint density at radius 3 is 2.55 bits per heavy atom. The highest BCUT2D eigenvalue weighted by Gasteiger charge is 2.66. The maximum absolute atomic E-state index is 14.8. The molecule has 0 saturated heterocycles. The summed E-state index contributed by atoms with van der Waals surface area (Å²) >= 11 is 0. The van der Waals surface area contributed by atoms with Crippen molar-refractivity contribution in [1.82, 2.24) is 20.2 Å². The van der Waals surface area contributed by atoms with Gasteiger partial charge in [0.1, 0.15) is 23.2 Å². The number of carbonyl (C=O) groups excluding carboxylic acids is 1. The van der Waals surface area contributed by atoms with Crippen molar-refractivity contribution in [1.29, 1.82) is 0 Å². The summed E-state index contributed by atoms with van der Waals surface area (Å²) in [6.45, 7) is 4.09. The number of H-pyrrole nitrogens is 1. The first-order valence-electron chi connectivity index (χ1n) is 12.6. The van der Waals surface area contributed by atoms with E-state index in [9.17, 15) is 27.5 Å². The van der Waals surface area contributed by atoms with Gasteiger partial charge in [0.2, 0.25) is 11.6 Å². The number of aromatic amines is 1. The molecule has 3 aromatic heterocycles. The maximum Gasteiger partial charge on any atom is 0.401 e. The molecule has 210 valence electrons. The second-order valence-corrected chi connectivity index (χ2v) is 10.1. The lowest BCUT2D eigenvalue weighted by molar-refractivity contribution is -0.760. The number of nitrogens with one attached hydrogen (secondary N) is 2. The van der Waals surface area contributed by atoms with Gasteiger partial charge in [0.15, 0.2) is 18.1 Å². The molecule has 0 aliphatic heterocycles. The van der Waals surface area contributed by atoms with Gasteiger partial charge in [-0.2, -0.15) is 18.3 Å². The van der Waals surface area contributed by atoms with Gasteiger partial charge in [0, 0.05) is 37.4 Å². The van der Waals surface area contributed by atoms with Crippen molar-refractivity contribution >= 4 is 11.7 Å². The fourth-order valence-electron chi connectivity index (χ4n) is 4.51. The number of carbonyl (C=O) groups is 1. The van der Waals surface area contributed by atoms with E-state index in [2.05, 4.69) is 25.5 Å². The van der Waals surface area contributed by atoms with Crippen molar-refractivity contribution in [2.24, 2.45) is 0 Å². The van der Waals surface area contributed by atoms with Gasteiger partial charge in [0.05, 0.1) is 18.2 Å². The molecule has 3 heterocycles. The van der Waals surface area contributed by atoms with Gasteiger partial charge in [-0.25, -0.2) is 14.4 Å². The molecule has 1 saturated carbocycles.